The number of benzene rings is 1. The minimum absolute atomic E-state index is 0.0249. The van der Waals surface area contributed by atoms with Gasteiger partial charge in [-0.2, -0.15) is 0 Å². The lowest BCUT2D eigenvalue weighted by atomic mass is 10.1. The quantitative estimate of drug-likeness (QED) is 0.721. The molecule has 3 heteroatoms. The number of Topliss-reactive ketones (excluding diaryl/α,β-unsaturated/α-hetero) is 1. The minimum atomic E-state index is -0.231. The van der Waals surface area contributed by atoms with E-state index in [-0.39, 0.29) is 11.6 Å². The maximum atomic E-state index is 13.8. The Morgan fingerprint density at radius 2 is 1.94 bits per heavy atom. The Kier molecular flexibility index (Phi) is 3.11. The molecule has 2 aromatic rings. The fraction of sp³-hybridized carbons (Fsp3) is 0.214. The van der Waals surface area contributed by atoms with Gasteiger partial charge in [0.15, 0.2) is 5.78 Å². The molecule has 0 spiro atoms. The number of hydrogen-bond acceptors (Lipinski definition) is 2. The highest BCUT2D eigenvalue weighted by atomic mass is 32.1. The van der Waals surface area contributed by atoms with Crippen molar-refractivity contribution < 1.29 is 9.18 Å². The Labute approximate surface area is 104 Å². The summed E-state index contributed by atoms with van der Waals surface area (Å²) in [4.78, 5) is 12.8. The normalized spacial score (nSPS) is 10.6. The molecule has 1 heterocycles. The number of aryl methyl sites for hydroxylation is 2. The molecule has 0 saturated carbocycles. The summed E-state index contributed by atoms with van der Waals surface area (Å²) in [6, 6.07) is 6.99. The average Bonchev–Trinajstić information content (AvgIpc) is 2.61. The van der Waals surface area contributed by atoms with E-state index in [9.17, 15) is 9.18 Å². The van der Waals surface area contributed by atoms with Crippen LogP contribution in [-0.4, -0.2) is 5.78 Å². The highest BCUT2D eigenvalue weighted by Gasteiger charge is 2.13. The summed E-state index contributed by atoms with van der Waals surface area (Å²) in [6.45, 7) is 5.28. The number of rotatable bonds is 2. The molecule has 0 bridgehead atoms. The van der Waals surface area contributed by atoms with Crippen LogP contribution in [0.2, 0.25) is 0 Å². The van der Waals surface area contributed by atoms with E-state index in [0.29, 0.717) is 10.4 Å². The van der Waals surface area contributed by atoms with E-state index in [1.807, 2.05) is 26.0 Å². The summed E-state index contributed by atoms with van der Waals surface area (Å²) >= 11 is 1.35. The molecule has 2 rings (SSSR count). The molecule has 88 valence electrons. The molecule has 1 aromatic carbocycles. The smallest absolute Gasteiger partial charge is 0.169 e. The summed E-state index contributed by atoms with van der Waals surface area (Å²) in [5.74, 6) is -0.207. The molecule has 0 amide bonds. The molecule has 0 radical (unpaired) electrons. The number of carbonyl (C=O) groups excluding carboxylic acids is 1. The van der Waals surface area contributed by atoms with Gasteiger partial charge in [0.05, 0.1) is 4.88 Å². The van der Waals surface area contributed by atoms with Gasteiger partial charge in [0, 0.05) is 10.4 Å². The van der Waals surface area contributed by atoms with Crippen LogP contribution in [0.1, 0.15) is 27.7 Å². The first-order valence-electron chi connectivity index (χ1n) is 5.37. The van der Waals surface area contributed by atoms with Crippen LogP contribution in [0.15, 0.2) is 24.3 Å². The standard InChI is InChI=1S/C14H13FOS/c1-8-4-5-11(12(15)6-8)14-9(2)7-13(17-14)10(3)16/h4-7H,1-3H3. The fourth-order valence-electron chi connectivity index (χ4n) is 1.73. The van der Waals surface area contributed by atoms with Gasteiger partial charge in [-0.1, -0.05) is 12.1 Å². The molecule has 0 N–H and O–H groups in total. The minimum Gasteiger partial charge on any atom is -0.294 e. The lowest BCUT2D eigenvalue weighted by Crippen LogP contribution is -1.84. The van der Waals surface area contributed by atoms with Gasteiger partial charge in [0.2, 0.25) is 0 Å². The second-order valence-electron chi connectivity index (χ2n) is 4.16. The lowest BCUT2D eigenvalue weighted by molar-refractivity contribution is 0.102. The van der Waals surface area contributed by atoms with Gasteiger partial charge < -0.3 is 0 Å². The van der Waals surface area contributed by atoms with E-state index < -0.39 is 0 Å². The fourth-order valence-corrected chi connectivity index (χ4v) is 2.82. The Morgan fingerprint density at radius 3 is 2.47 bits per heavy atom. The molecule has 0 aliphatic carbocycles. The summed E-state index contributed by atoms with van der Waals surface area (Å²) < 4.78 is 13.8. The van der Waals surface area contributed by atoms with E-state index in [4.69, 9.17) is 0 Å². The van der Waals surface area contributed by atoms with Gasteiger partial charge in [0.1, 0.15) is 5.82 Å². The van der Waals surface area contributed by atoms with E-state index in [2.05, 4.69) is 0 Å². The van der Waals surface area contributed by atoms with Gasteiger partial charge in [-0.05, 0) is 44.0 Å². The molecule has 0 fully saturated rings. The maximum absolute atomic E-state index is 13.8. The van der Waals surface area contributed by atoms with Crippen molar-refractivity contribution in [3.8, 4) is 10.4 Å². The lowest BCUT2D eigenvalue weighted by Gasteiger charge is -2.02. The number of thiophene rings is 1. The highest BCUT2D eigenvalue weighted by Crippen LogP contribution is 2.34. The third-order valence-corrected chi connectivity index (χ3v) is 4.01. The van der Waals surface area contributed by atoms with Crippen molar-refractivity contribution in [3.05, 3.63) is 46.1 Å². The third-order valence-electron chi connectivity index (χ3n) is 2.63. The zero-order valence-corrected chi connectivity index (χ0v) is 10.8. The zero-order valence-electron chi connectivity index (χ0n) is 10.0. The summed E-state index contributed by atoms with van der Waals surface area (Å²) in [5.41, 5.74) is 2.42. The number of hydrogen-bond donors (Lipinski definition) is 0. The SMILES string of the molecule is CC(=O)c1cc(C)c(-c2ccc(C)cc2F)s1. The molecule has 1 aromatic heterocycles. The topological polar surface area (TPSA) is 17.1 Å². The molecule has 0 atom stereocenters. The van der Waals surface area contributed by atoms with Gasteiger partial charge in [0.25, 0.3) is 0 Å². The number of carbonyl (C=O) groups is 1. The van der Waals surface area contributed by atoms with Crippen molar-refractivity contribution in [1.29, 1.82) is 0 Å². The first-order valence-corrected chi connectivity index (χ1v) is 6.18. The van der Waals surface area contributed by atoms with Gasteiger partial charge >= 0.3 is 0 Å². The molecule has 0 unspecified atom stereocenters. The van der Waals surface area contributed by atoms with E-state index in [0.717, 1.165) is 16.0 Å². The second kappa shape index (κ2) is 4.41. The molecule has 0 saturated heterocycles. The van der Waals surface area contributed by atoms with E-state index in [1.165, 1.54) is 24.3 Å². The molecular formula is C14H13FOS. The summed E-state index contributed by atoms with van der Waals surface area (Å²) in [5, 5.41) is 0. The van der Waals surface area contributed by atoms with E-state index >= 15 is 0 Å². The Hall–Kier alpha value is -1.48. The van der Waals surface area contributed by atoms with Crippen LogP contribution in [-0.2, 0) is 0 Å². The highest BCUT2D eigenvalue weighted by molar-refractivity contribution is 7.17. The second-order valence-corrected chi connectivity index (χ2v) is 5.21. The first kappa shape index (κ1) is 12.0. The van der Waals surface area contributed by atoms with Crippen molar-refractivity contribution in [1.82, 2.24) is 0 Å². The zero-order chi connectivity index (χ0) is 12.6. The third kappa shape index (κ3) is 2.29. The Bertz CT molecular complexity index is 584. The van der Waals surface area contributed by atoms with Crippen molar-refractivity contribution >= 4 is 17.1 Å². The van der Waals surface area contributed by atoms with Crippen LogP contribution in [0.25, 0.3) is 10.4 Å². The Morgan fingerprint density at radius 1 is 1.24 bits per heavy atom. The van der Waals surface area contributed by atoms with E-state index in [1.54, 1.807) is 6.07 Å². The monoisotopic (exact) mass is 248 g/mol. The predicted molar refractivity (Wildman–Crippen MR) is 69.2 cm³/mol. The van der Waals surface area contributed by atoms with Crippen LogP contribution >= 0.6 is 11.3 Å². The summed E-state index contributed by atoms with van der Waals surface area (Å²) in [6.07, 6.45) is 0. The Balaban J connectivity index is 2.56. The number of ketones is 1. The van der Waals surface area contributed by atoms with Crippen molar-refractivity contribution in [2.75, 3.05) is 0 Å². The molecular weight excluding hydrogens is 235 g/mol. The van der Waals surface area contributed by atoms with Crippen molar-refractivity contribution in [3.63, 3.8) is 0 Å². The summed E-state index contributed by atoms with van der Waals surface area (Å²) in [7, 11) is 0. The molecule has 17 heavy (non-hydrogen) atoms. The molecule has 0 aliphatic rings. The largest absolute Gasteiger partial charge is 0.294 e. The van der Waals surface area contributed by atoms with Crippen LogP contribution in [0.5, 0.6) is 0 Å². The van der Waals surface area contributed by atoms with Gasteiger partial charge in [-0.25, -0.2) is 4.39 Å². The van der Waals surface area contributed by atoms with Crippen LogP contribution in [0.3, 0.4) is 0 Å². The molecule has 0 aliphatic heterocycles. The van der Waals surface area contributed by atoms with Crippen LogP contribution < -0.4 is 0 Å². The average molecular weight is 248 g/mol. The van der Waals surface area contributed by atoms with Crippen LogP contribution in [0.4, 0.5) is 4.39 Å². The number of halogens is 1. The van der Waals surface area contributed by atoms with Crippen molar-refractivity contribution in [2.45, 2.75) is 20.8 Å². The van der Waals surface area contributed by atoms with Gasteiger partial charge in [-0.3, -0.25) is 4.79 Å². The van der Waals surface area contributed by atoms with Gasteiger partial charge in [-0.15, -0.1) is 11.3 Å². The van der Waals surface area contributed by atoms with Crippen LogP contribution in [0, 0.1) is 19.7 Å². The van der Waals surface area contributed by atoms with Crippen molar-refractivity contribution in [2.24, 2.45) is 0 Å². The molecule has 1 nitrogen and oxygen atoms in total. The maximum Gasteiger partial charge on any atom is 0.169 e. The predicted octanol–water partition coefficient (Wildman–Crippen LogP) is 4.37. The first-order chi connectivity index (χ1) is 7.99.